The van der Waals surface area contributed by atoms with Crippen LogP contribution < -0.4 is 4.65 Å². The van der Waals surface area contributed by atoms with Gasteiger partial charge in [-0.1, -0.05) is 0 Å². The lowest BCUT2D eigenvalue weighted by atomic mass is 9.92. The van der Waals surface area contributed by atoms with Gasteiger partial charge in [0.2, 0.25) is 0 Å². The molecule has 0 bridgehead atoms. The van der Waals surface area contributed by atoms with Crippen LogP contribution in [0.4, 0.5) is 0 Å². The van der Waals surface area contributed by atoms with Gasteiger partial charge in [-0.2, -0.15) is 0 Å². The van der Waals surface area contributed by atoms with Crippen LogP contribution in [0.25, 0.3) is 0 Å². The van der Waals surface area contributed by atoms with E-state index in [0.717, 1.165) is 0 Å². The summed E-state index contributed by atoms with van der Waals surface area (Å²) in [5.74, 6) is 3.58. The molecule has 1 rings (SSSR count). The second-order valence-electron chi connectivity index (χ2n) is 5.42. The molecule has 0 aliphatic heterocycles. The second kappa shape index (κ2) is 5.41. The summed E-state index contributed by atoms with van der Waals surface area (Å²) in [6.07, 6.45) is 1.90. The van der Waals surface area contributed by atoms with Gasteiger partial charge in [-0.15, -0.1) is 0 Å². The third-order valence-electron chi connectivity index (χ3n) is 2.13. The van der Waals surface area contributed by atoms with Crippen molar-refractivity contribution in [3.05, 3.63) is 17.9 Å². The summed E-state index contributed by atoms with van der Waals surface area (Å²) in [6.45, 7) is 9.43. The van der Waals surface area contributed by atoms with E-state index in [9.17, 15) is 0 Å². The lowest BCUT2D eigenvalue weighted by Gasteiger charge is -2.18. The number of aliphatic hydroxyl groups excluding tert-OH is 1. The number of furan rings is 1. The van der Waals surface area contributed by atoms with Crippen molar-refractivity contribution in [2.45, 2.75) is 45.6 Å². The second-order valence-corrected chi connectivity index (χ2v) is 5.42. The quantitative estimate of drug-likeness (QED) is 0.658. The first-order valence-electron chi connectivity index (χ1n) is 5.67. The number of aliphatic hydroxyl groups is 1. The first-order valence-corrected chi connectivity index (χ1v) is 5.67. The average molecular weight is 249 g/mol. The Hall–Kier alpha value is -1.54. The Kier molecular flexibility index (Phi) is 4.36. The van der Waals surface area contributed by atoms with Gasteiger partial charge < -0.3 is 18.8 Å². The van der Waals surface area contributed by atoms with Crippen molar-refractivity contribution in [1.29, 1.82) is 0 Å². The molecular formula is C13H18BO4. The molecule has 0 atom stereocenters. The van der Waals surface area contributed by atoms with E-state index in [-0.39, 0.29) is 5.60 Å². The fourth-order valence-corrected chi connectivity index (χ4v) is 1.14. The molecule has 5 heteroatoms. The van der Waals surface area contributed by atoms with Crippen LogP contribution in [-0.4, -0.2) is 18.4 Å². The molecule has 4 nitrogen and oxygen atoms in total. The molecule has 1 aromatic rings. The van der Waals surface area contributed by atoms with Crippen molar-refractivity contribution in [2.24, 2.45) is 0 Å². The van der Waals surface area contributed by atoms with Gasteiger partial charge in [0.25, 0.3) is 5.95 Å². The minimum Gasteiger partial charge on any atom is -0.510 e. The monoisotopic (exact) mass is 249 g/mol. The topological polar surface area (TPSA) is 51.8 Å². The average Bonchev–Trinajstić information content (AvgIpc) is 2.65. The molecule has 0 saturated carbocycles. The first kappa shape index (κ1) is 14.5. The highest BCUT2D eigenvalue weighted by molar-refractivity contribution is 6.19. The first-order chi connectivity index (χ1) is 8.24. The zero-order valence-corrected chi connectivity index (χ0v) is 11.4. The van der Waals surface area contributed by atoms with Gasteiger partial charge in [-0.05, 0) is 46.6 Å². The molecule has 0 saturated heterocycles. The van der Waals surface area contributed by atoms with E-state index in [0.29, 0.717) is 11.7 Å². The van der Waals surface area contributed by atoms with Crippen molar-refractivity contribution >= 4 is 7.69 Å². The largest absolute Gasteiger partial charge is 0.574 e. The Bertz CT molecular complexity index is 446. The minimum atomic E-state index is -0.568. The van der Waals surface area contributed by atoms with E-state index in [1.54, 1.807) is 12.1 Å². The van der Waals surface area contributed by atoms with Crippen LogP contribution in [0, 0.1) is 12.0 Å². The Labute approximate surface area is 109 Å². The van der Waals surface area contributed by atoms with Crippen molar-refractivity contribution in [1.82, 2.24) is 0 Å². The molecule has 18 heavy (non-hydrogen) atoms. The van der Waals surface area contributed by atoms with Gasteiger partial charge in [0.1, 0.15) is 11.9 Å². The smallest absolute Gasteiger partial charge is 0.510 e. The summed E-state index contributed by atoms with van der Waals surface area (Å²) in [6, 6.07) is 3.43. The van der Waals surface area contributed by atoms with Crippen LogP contribution in [0.1, 0.15) is 40.4 Å². The Morgan fingerprint density at radius 3 is 2.44 bits per heavy atom. The zero-order valence-electron chi connectivity index (χ0n) is 11.4. The van der Waals surface area contributed by atoms with Gasteiger partial charge in [-0.3, -0.25) is 0 Å². The summed E-state index contributed by atoms with van der Waals surface area (Å²) in [5.41, 5.74) is -0.877. The predicted octanol–water partition coefficient (Wildman–Crippen LogP) is 2.62. The molecule has 1 N–H and O–H groups in total. The van der Waals surface area contributed by atoms with E-state index in [1.807, 2.05) is 40.7 Å². The maximum absolute atomic E-state index is 8.64. The summed E-state index contributed by atoms with van der Waals surface area (Å²) in [7, 11) is 1.24. The summed E-state index contributed by atoms with van der Waals surface area (Å²) in [4.78, 5) is 0. The minimum absolute atomic E-state index is 0.308. The highest BCUT2D eigenvalue weighted by Crippen LogP contribution is 2.27. The van der Waals surface area contributed by atoms with E-state index in [4.69, 9.17) is 18.8 Å². The van der Waals surface area contributed by atoms with E-state index >= 15 is 0 Å². The molecule has 1 radical (unpaired) electrons. The van der Waals surface area contributed by atoms with Gasteiger partial charge in [0.15, 0.2) is 0 Å². The van der Waals surface area contributed by atoms with Gasteiger partial charge >= 0.3 is 7.69 Å². The fraction of sp³-hybridized carbons (Fsp3) is 0.538. The van der Waals surface area contributed by atoms with E-state index in [2.05, 4.69) is 5.92 Å². The molecule has 97 valence electrons. The fourth-order valence-electron chi connectivity index (χ4n) is 1.14. The molecule has 0 aliphatic rings. The Balaban J connectivity index is 2.61. The van der Waals surface area contributed by atoms with Crippen LogP contribution in [0.5, 0.6) is 5.95 Å². The third-order valence-corrected chi connectivity index (χ3v) is 2.13. The molecule has 0 amide bonds. The summed E-state index contributed by atoms with van der Waals surface area (Å²) < 4.78 is 16.0. The van der Waals surface area contributed by atoms with Crippen molar-refractivity contribution < 1.29 is 18.8 Å². The van der Waals surface area contributed by atoms with Gasteiger partial charge in [-0.25, -0.2) is 0 Å². The maximum Gasteiger partial charge on any atom is 0.574 e. The van der Waals surface area contributed by atoms with E-state index < -0.39 is 5.41 Å². The molecule has 1 aromatic heterocycles. The lowest BCUT2D eigenvalue weighted by molar-refractivity contribution is 0.114. The molecule has 0 spiro atoms. The van der Waals surface area contributed by atoms with Crippen LogP contribution in [-0.2, 0) is 10.1 Å². The van der Waals surface area contributed by atoms with Crippen LogP contribution in [0.2, 0.25) is 0 Å². The summed E-state index contributed by atoms with van der Waals surface area (Å²) in [5, 5.41) is 8.64. The number of hydrogen-bond acceptors (Lipinski definition) is 4. The zero-order chi connectivity index (χ0) is 13.8. The highest BCUT2D eigenvalue weighted by atomic mass is 16.6. The molecular weight excluding hydrogens is 231 g/mol. The van der Waals surface area contributed by atoms with Crippen LogP contribution in [0.15, 0.2) is 16.5 Å². The Morgan fingerprint density at radius 1 is 1.22 bits per heavy atom. The van der Waals surface area contributed by atoms with Crippen molar-refractivity contribution in [3.8, 4) is 18.0 Å². The van der Waals surface area contributed by atoms with Gasteiger partial charge in [0.05, 0.1) is 5.41 Å². The summed E-state index contributed by atoms with van der Waals surface area (Å²) >= 11 is 0. The Morgan fingerprint density at radius 2 is 1.89 bits per heavy atom. The molecule has 0 aliphatic carbocycles. The SMILES string of the molecule is CC(C)(C)O[B]Oc1ccc(C(C)(C)C#CO)o1. The lowest BCUT2D eigenvalue weighted by Crippen LogP contribution is -2.24. The third kappa shape index (κ3) is 4.38. The number of rotatable bonds is 4. The highest BCUT2D eigenvalue weighted by Gasteiger charge is 2.23. The van der Waals surface area contributed by atoms with Crippen molar-refractivity contribution in [3.63, 3.8) is 0 Å². The van der Waals surface area contributed by atoms with Gasteiger partial charge in [0, 0.05) is 11.7 Å². The molecule has 0 unspecified atom stereocenters. The number of hydrogen-bond donors (Lipinski definition) is 1. The van der Waals surface area contributed by atoms with Crippen LogP contribution in [0.3, 0.4) is 0 Å². The normalized spacial score (nSPS) is 11.6. The van der Waals surface area contributed by atoms with Crippen LogP contribution >= 0.6 is 0 Å². The predicted molar refractivity (Wildman–Crippen MR) is 68.7 cm³/mol. The molecule has 0 aromatic carbocycles. The van der Waals surface area contributed by atoms with E-state index in [1.165, 1.54) is 7.69 Å². The standard InChI is InChI=1S/C13H18BO4/c1-12(2,3)18-14-17-11-7-6-10(16-11)13(4,5)8-9-15/h6-7,15H,1-5H3. The molecule has 0 fully saturated rings. The van der Waals surface area contributed by atoms with Crippen molar-refractivity contribution in [2.75, 3.05) is 0 Å². The maximum atomic E-state index is 8.64. The molecule has 1 heterocycles.